The molecule has 1 fully saturated rings. The summed E-state index contributed by atoms with van der Waals surface area (Å²) in [4.78, 5) is 24.4. The number of hydrogen-bond donors (Lipinski definition) is 0. The molecule has 4 aromatic rings. The second-order valence-corrected chi connectivity index (χ2v) is 7.29. The van der Waals surface area contributed by atoms with E-state index in [4.69, 9.17) is 0 Å². The molecule has 10 heteroatoms. The van der Waals surface area contributed by atoms with Crippen LogP contribution in [0.15, 0.2) is 48.9 Å². The van der Waals surface area contributed by atoms with E-state index in [1.165, 1.54) is 0 Å². The first-order chi connectivity index (χ1) is 14.7. The van der Waals surface area contributed by atoms with Crippen molar-refractivity contribution in [2.75, 3.05) is 55.0 Å². The lowest BCUT2D eigenvalue weighted by Crippen LogP contribution is -2.47. The molecule has 1 aromatic carbocycles. The number of fused-ring (bicyclic) bond motifs is 1. The summed E-state index contributed by atoms with van der Waals surface area (Å²) in [6.45, 7) is 3.18. The van der Waals surface area contributed by atoms with Crippen molar-refractivity contribution in [3.63, 3.8) is 0 Å². The molecule has 0 radical (unpaired) electrons. The van der Waals surface area contributed by atoms with Gasteiger partial charge >= 0.3 is 0 Å². The van der Waals surface area contributed by atoms with Gasteiger partial charge in [-0.2, -0.15) is 9.67 Å². The van der Waals surface area contributed by atoms with Gasteiger partial charge in [0.05, 0.1) is 5.69 Å². The summed E-state index contributed by atoms with van der Waals surface area (Å²) in [5.74, 6) is 2.46. The zero-order valence-corrected chi connectivity index (χ0v) is 16.9. The van der Waals surface area contributed by atoms with Gasteiger partial charge in [0.25, 0.3) is 0 Å². The van der Waals surface area contributed by atoms with Crippen LogP contribution in [0.2, 0.25) is 0 Å². The van der Waals surface area contributed by atoms with E-state index >= 15 is 0 Å². The Morgan fingerprint density at radius 2 is 1.63 bits per heavy atom. The summed E-state index contributed by atoms with van der Waals surface area (Å²) in [5, 5.41) is 8.69. The third-order valence-corrected chi connectivity index (χ3v) is 5.17. The average Bonchev–Trinajstić information content (AvgIpc) is 3.24. The Morgan fingerprint density at radius 3 is 2.40 bits per heavy atom. The molecule has 0 bridgehead atoms. The van der Waals surface area contributed by atoms with E-state index in [9.17, 15) is 0 Å². The van der Waals surface area contributed by atoms with Crippen molar-refractivity contribution in [2.45, 2.75) is 0 Å². The van der Waals surface area contributed by atoms with Crippen LogP contribution in [0.25, 0.3) is 16.9 Å². The van der Waals surface area contributed by atoms with Crippen LogP contribution in [0.5, 0.6) is 0 Å². The fourth-order valence-electron chi connectivity index (χ4n) is 3.57. The number of benzene rings is 1. The Labute approximate surface area is 173 Å². The Morgan fingerprint density at radius 1 is 0.867 bits per heavy atom. The van der Waals surface area contributed by atoms with Gasteiger partial charge in [-0.25, -0.2) is 15.0 Å². The molecule has 4 heterocycles. The molecule has 10 nitrogen and oxygen atoms in total. The molecule has 5 rings (SSSR count). The second-order valence-electron chi connectivity index (χ2n) is 7.29. The molecule has 152 valence electrons. The van der Waals surface area contributed by atoms with Crippen LogP contribution >= 0.6 is 0 Å². The van der Waals surface area contributed by atoms with E-state index in [1.807, 2.05) is 55.4 Å². The fraction of sp³-hybridized carbons (Fsp3) is 0.300. The van der Waals surface area contributed by atoms with Gasteiger partial charge in [-0.15, -0.1) is 5.10 Å². The lowest BCUT2D eigenvalue weighted by Gasteiger charge is -2.35. The first-order valence-corrected chi connectivity index (χ1v) is 9.83. The van der Waals surface area contributed by atoms with Gasteiger partial charge in [0.15, 0.2) is 17.0 Å². The topological polar surface area (TPSA) is 92.0 Å². The van der Waals surface area contributed by atoms with Crippen LogP contribution in [-0.2, 0) is 0 Å². The summed E-state index contributed by atoms with van der Waals surface area (Å²) in [6, 6.07) is 11.8. The van der Waals surface area contributed by atoms with Gasteiger partial charge in [0.1, 0.15) is 12.1 Å². The van der Waals surface area contributed by atoms with Gasteiger partial charge in [-0.3, -0.25) is 0 Å². The van der Waals surface area contributed by atoms with E-state index in [0.29, 0.717) is 11.2 Å². The molecular weight excluding hydrogens is 380 g/mol. The molecule has 30 heavy (non-hydrogen) atoms. The first kappa shape index (κ1) is 18.2. The molecule has 3 aromatic heterocycles. The standard InChI is InChI=1S/C20H22N10/c1-27(2)16-8-9-21-20(24-16)29-12-10-28(11-13-29)18-17-19(23-14-22-18)30(26-25-17)15-6-4-3-5-7-15/h3-9,14H,10-13H2,1-2H3. The maximum Gasteiger partial charge on any atom is 0.227 e. The monoisotopic (exact) mass is 402 g/mol. The van der Waals surface area contributed by atoms with Crippen molar-refractivity contribution in [2.24, 2.45) is 0 Å². The lowest BCUT2D eigenvalue weighted by molar-refractivity contribution is 0.635. The Bertz CT molecular complexity index is 1150. The van der Waals surface area contributed by atoms with Crippen molar-refractivity contribution < 1.29 is 0 Å². The van der Waals surface area contributed by atoms with Crippen molar-refractivity contribution >= 4 is 28.7 Å². The molecule has 1 aliphatic heterocycles. The third-order valence-electron chi connectivity index (χ3n) is 5.17. The first-order valence-electron chi connectivity index (χ1n) is 9.83. The predicted molar refractivity (Wildman–Crippen MR) is 115 cm³/mol. The minimum atomic E-state index is 0.704. The molecule has 0 N–H and O–H groups in total. The van der Waals surface area contributed by atoms with Crippen molar-refractivity contribution in [1.82, 2.24) is 34.9 Å². The van der Waals surface area contributed by atoms with Crippen molar-refractivity contribution in [3.05, 3.63) is 48.9 Å². The van der Waals surface area contributed by atoms with Gasteiger partial charge < -0.3 is 14.7 Å². The molecular formula is C20H22N10. The highest BCUT2D eigenvalue weighted by Gasteiger charge is 2.24. The minimum absolute atomic E-state index is 0.704. The third kappa shape index (κ3) is 3.25. The number of piperazine rings is 1. The minimum Gasteiger partial charge on any atom is -0.363 e. The molecule has 1 aliphatic rings. The van der Waals surface area contributed by atoms with Crippen molar-refractivity contribution in [1.29, 1.82) is 0 Å². The van der Waals surface area contributed by atoms with Gasteiger partial charge in [-0.1, -0.05) is 23.4 Å². The highest BCUT2D eigenvalue weighted by Crippen LogP contribution is 2.24. The molecule has 0 aliphatic carbocycles. The average molecular weight is 402 g/mol. The van der Waals surface area contributed by atoms with Crippen LogP contribution in [0.1, 0.15) is 0 Å². The van der Waals surface area contributed by atoms with E-state index < -0.39 is 0 Å². The van der Waals surface area contributed by atoms with Crippen LogP contribution in [0, 0.1) is 0 Å². The van der Waals surface area contributed by atoms with Crippen LogP contribution < -0.4 is 14.7 Å². The van der Waals surface area contributed by atoms with Gasteiger partial charge in [0.2, 0.25) is 5.95 Å². The lowest BCUT2D eigenvalue weighted by atomic mass is 10.3. The summed E-state index contributed by atoms with van der Waals surface area (Å²) in [7, 11) is 3.96. The smallest absolute Gasteiger partial charge is 0.227 e. The van der Waals surface area contributed by atoms with E-state index in [2.05, 4.69) is 40.0 Å². The second kappa shape index (κ2) is 7.54. The summed E-state index contributed by atoms with van der Waals surface area (Å²) in [6.07, 6.45) is 3.39. The van der Waals surface area contributed by atoms with E-state index in [0.717, 1.165) is 49.5 Å². The highest BCUT2D eigenvalue weighted by molar-refractivity contribution is 5.83. The summed E-state index contributed by atoms with van der Waals surface area (Å²) < 4.78 is 1.75. The summed E-state index contributed by atoms with van der Waals surface area (Å²) in [5.41, 5.74) is 2.34. The maximum atomic E-state index is 4.65. The van der Waals surface area contributed by atoms with Gasteiger partial charge in [-0.05, 0) is 18.2 Å². The normalized spacial score (nSPS) is 14.3. The molecule has 1 saturated heterocycles. The molecule has 0 unspecified atom stereocenters. The van der Waals surface area contributed by atoms with Gasteiger partial charge in [0, 0.05) is 46.5 Å². The number of nitrogens with zero attached hydrogens (tertiary/aromatic N) is 10. The zero-order valence-electron chi connectivity index (χ0n) is 16.9. The zero-order chi connectivity index (χ0) is 20.5. The number of para-hydroxylation sites is 1. The largest absolute Gasteiger partial charge is 0.363 e. The number of rotatable bonds is 4. The van der Waals surface area contributed by atoms with E-state index in [-0.39, 0.29) is 0 Å². The highest BCUT2D eigenvalue weighted by atomic mass is 15.5. The number of hydrogen-bond acceptors (Lipinski definition) is 9. The van der Waals surface area contributed by atoms with E-state index in [1.54, 1.807) is 17.2 Å². The quantitative estimate of drug-likeness (QED) is 0.502. The fourth-order valence-corrected chi connectivity index (χ4v) is 3.57. The summed E-state index contributed by atoms with van der Waals surface area (Å²) >= 11 is 0. The SMILES string of the molecule is CN(C)c1ccnc(N2CCN(c3ncnc4c3nnn4-c3ccccc3)CC2)n1. The predicted octanol–water partition coefficient (Wildman–Crippen LogP) is 1.39. The Kier molecular flexibility index (Phi) is 4.58. The molecule has 0 atom stereocenters. The molecule has 0 saturated carbocycles. The molecule has 0 amide bonds. The Hall–Kier alpha value is -3.82. The van der Waals surface area contributed by atoms with Crippen molar-refractivity contribution in [3.8, 4) is 5.69 Å². The number of anilines is 3. The van der Waals surface area contributed by atoms with Crippen LogP contribution in [0.3, 0.4) is 0 Å². The Balaban J connectivity index is 1.38. The maximum absolute atomic E-state index is 4.65. The van der Waals surface area contributed by atoms with Crippen LogP contribution in [-0.4, -0.2) is 75.2 Å². The molecule has 0 spiro atoms. The van der Waals surface area contributed by atoms with Crippen LogP contribution in [0.4, 0.5) is 17.6 Å². The number of aromatic nitrogens is 7.